The number of ether oxygens (including phenoxy) is 2. The molecule has 3 rings (SSSR count). The largest absolute Gasteiger partial charge is 0.490 e. The zero-order chi connectivity index (χ0) is 16.2. The number of fused-ring (bicyclic) bond motifs is 2. The average Bonchev–Trinajstić information content (AvgIpc) is 2.52. The summed E-state index contributed by atoms with van der Waals surface area (Å²) < 4.78 is 11.1. The van der Waals surface area contributed by atoms with E-state index in [2.05, 4.69) is 4.99 Å². The van der Waals surface area contributed by atoms with Crippen LogP contribution in [0.25, 0.3) is 0 Å². The first kappa shape index (κ1) is 14.9. The average molecular weight is 311 g/mol. The minimum absolute atomic E-state index is 0.0235. The van der Waals surface area contributed by atoms with Crippen molar-refractivity contribution in [1.29, 1.82) is 0 Å². The molecule has 0 aliphatic carbocycles. The van der Waals surface area contributed by atoms with Crippen molar-refractivity contribution < 1.29 is 14.3 Å². The van der Waals surface area contributed by atoms with Crippen LogP contribution < -0.4 is 20.9 Å². The van der Waals surface area contributed by atoms with Gasteiger partial charge in [0.2, 0.25) is 0 Å². The molecule has 6 nitrogen and oxygen atoms in total. The first-order valence-electron chi connectivity index (χ1n) is 7.30. The lowest BCUT2D eigenvalue weighted by molar-refractivity contribution is 0.0725. The lowest BCUT2D eigenvalue weighted by Crippen LogP contribution is -2.22. The molecule has 118 valence electrons. The molecule has 1 aliphatic heterocycles. The number of carbonyl (C=O) groups excluding carboxylic acids is 1. The number of nitrogens with two attached hydrogens (primary N) is 2. The minimum Gasteiger partial charge on any atom is -0.490 e. The van der Waals surface area contributed by atoms with Crippen LogP contribution in [-0.4, -0.2) is 18.5 Å². The lowest BCUT2D eigenvalue weighted by atomic mass is 10.0. The highest BCUT2D eigenvalue weighted by molar-refractivity contribution is 5.93. The summed E-state index contributed by atoms with van der Waals surface area (Å²) in [6.07, 6.45) is 1.43. The van der Waals surface area contributed by atoms with Crippen LogP contribution >= 0.6 is 0 Å². The van der Waals surface area contributed by atoms with Crippen molar-refractivity contribution in [2.45, 2.75) is 12.8 Å². The van der Waals surface area contributed by atoms with E-state index in [1.165, 1.54) is 0 Å². The maximum absolute atomic E-state index is 12.5. The summed E-state index contributed by atoms with van der Waals surface area (Å²) in [6, 6.07) is 12.3. The van der Waals surface area contributed by atoms with Crippen molar-refractivity contribution in [2.24, 2.45) is 16.5 Å². The van der Waals surface area contributed by atoms with Gasteiger partial charge in [-0.3, -0.25) is 0 Å². The summed E-state index contributed by atoms with van der Waals surface area (Å²) in [7, 11) is 0. The van der Waals surface area contributed by atoms with Crippen LogP contribution in [0.15, 0.2) is 47.5 Å². The molecule has 0 atom stereocenters. The van der Waals surface area contributed by atoms with E-state index in [0.29, 0.717) is 35.8 Å². The van der Waals surface area contributed by atoms with Gasteiger partial charge in [-0.1, -0.05) is 12.1 Å². The quantitative estimate of drug-likeness (QED) is 0.364. The summed E-state index contributed by atoms with van der Waals surface area (Å²) in [5.41, 5.74) is 12.7. The highest BCUT2D eigenvalue weighted by Gasteiger charge is 2.18. The van der Waals surface area contributed by atoms with Crippen LogP contribution in [0.3, 0.4) is 0 Å². The molecule has 0 unspecified atom stereocenters. The van der Waals surface area contributed by atoms with Gasteiger partial charge >= 0.3 is 5.97 Å². The number of esters is 1. The Bertz CT molecular complexity index is 767. The Hall–Kier alpha value is -3.02. The van der Waals surface area contributed by atoms with Gasteiger partial charge in [0.1, 0.15) is 0 Å². The molecule has 0 aromatic heterocycles. The minimum atomic E-state index is -0.422. The fraction of sp³-hybridized carbons (Fsp3) is 0.176. The van der Waals surface area contributed by atoms with E-state index in [1.54, 1.807) is 36.4 Å². The Morgan fingerprint density at radius 2 is 1.87 bits per heavy atom. The number of aliphatic imine (C=N–C) groups is 1. The second kappa shape index (κ2) is 6.39. The Morgan fingerprint density at radius 3 is 2.65 bits per heavy atom. The van der Waals surface area contributed by atoms with E-state index in [9.17, 15) is 4.79 Å². The second-order valence-electron chi connectivity index (χ2n) is 5.17. The molecule has 2 aromatic carbocycles. The van der Waals surface area contributed by atoms with E-state index in [0.717, 1.165) is 12.0 Å². The number of guanidine groups is 1. The van der Waals surface area contributed by atoms with Gasteiger partial charge in [-0.15, -0.1) is 0 Å². The summed E-state index contributed by atoms with van der Waals surface area (Å²) in [5.74, 6) is 0.541. The van der Waals surface area contributed by atoms with Crippen LogP contribution in [0.2, 0.25) is 0 Å². The number of rotatable bonds is 1. The van der Waals surface area contributed by atoms with Crippen LogP contribution in [0.1, 0.15) is 22.3 Å². The molecule has 0 bridgehead atoms. The number of hydrogen-bond donors (Lipinski definition) is 2. The highest BCUT2D eigenvalue weighted by atomic mass is 16.6. The van der Waals surface area contributed by atoms with Gasteiger partial charge in [-0.2, -0.15) is 0 Å². The van der Waals surface area contributed by atoms with Gasteiger partial charge in [0, 0.05) is 0 Å². The monoisotopic (exact) mass is 311 g/mol. The maximum Gasteiger partial charge on any atom is 0.343 e. The molecule has 2 aromatic rings. The second-order valence-corrected chi connectivity index (χ2v) is 5.17. The van der Waals surface area contributed by atoms with Crippen molar-refractivity contribution in [1.82, 2.24) is 0 Å². The zero-order valence-electron chi connectivity index (χ0n) is 12.5. The molecular weight excluding hydrogens is 294 g/mol. The van der Waals surface area contributed by atoms with Crippen molar-refractivity contribution >= 4 is 17.6 Å². The Labute approximate surface area is 133 Å². The number of nitrogens with zero attached hydrogens (tertiary/aromatic N) is 1. The third kappa shape index (κ3) is 3.42. The summed E-state index contributed by atoms with van der Waals surface area (Å²) in [5, 5.41) is 0. The van der Waals surface area contributed by atoms with Gasteiger partial charge in [0.05, 0.1) is 17.9 Å². The first-order valence-corrected chi connectivity index (χ1v) is 7.30. The number of benzene rings is 2. The van der Waals surface area contributed by atoms with E-state index < -0.39 is 5.97 Å². The molecule has 0 spiro atoms. The SMILES string of the molecule is NC(N)=Nc1ccc2c(c1)CCCOc1ccccc1OC2=O. The third-order valence-electron chi connectivity index (χ3n) is 3.47. The van der Waals surface area contributed by atoms with E-state index >= 15 is 0 Å². The lowest BCUT2D eigenvalue weighted by Gasteiger charge is -2.16. The van der Waals surface area contributed by atoms with Gasteiger partial charge < -0.3 is 20.9 Å². The summed E-state index contributed by atoms with van der Waals surface area (Å²) >= 11 is 0. The van der Waals surface area contributed by atoms with Crippen molar-refractivity contribution in [3.05, 3.63) is 53.6 Å². The van der Waals surface area contributed by atoms with Gasteiger partial charge in [0.25, 0.3) is 0 Å². The molecule has 0 saturated carbocycles. The fourth-order valence-electron chi connectivity index (χ4n) is 2.46. The molecule has 1 aliphatic rings. The first-order chi connectivity index (χ1) is 11.1. The zero-order valence-corrected chi connectivity index (χ0v) is 12.5. The number of para-hydroxylation sites is 2. The smallest absolute Gasteiger partial charge is 0.343 e. The molecule has 6 heteroatoms. The van der Waals surface area contributed by atoms with Crippen molar-refractivity contribution in [3.63, 3.8) is 0 Å². The van der Waals surface area contributed by atoms with Gasteiger partial charge in [0.15, 0.2) is 17.5 Å². The summed E-state index contributed by atoms with van der Waals surface area (Å²) in [4.78, 5) is 16.5. The van der Waals surface area contributed by atoms with Crippen LogP contribution in [0, 0.1) is 0 Å². The number of aryl methyl sites for hydroxylation is 1. The predicted octanol–water partition coefficient (Wildman–Crippen LogP) is 2.14. The summed E-state index contributed by atoms with van der Waals surface area (Å²) in [6.45, 7) is 0.528. The van der Waals surface area contributed by atoms with E-state index in [1.807, 2.05) is 6.07 Å². The topological polar surface area (TPSA) is 99.9 Å². The Kier molecular flexibility index (Phi) is 4.14. The van der Waals surface area contributed by atoms with Crippen LogP contribution in [0.4, 0.5) is 5.69 Å². The molecular formula is C17H17N3O3. The molecule has 0 saturated heterocycles. The van der Waals surface area contributed by atoms with Gasteiger partial charge in [-0.25, -0.2) is 9.79 Å². The molecule has 0 radical (unpaired) electrons. The molecule has 1 heterocycles. The highest BCUT2D eigenvalue weighted by Crippen LogP contribution is 2.29. The molecule has 4 N–H and O–H groups in total. The van der Waals surface area contributed by atoms with Gasteiger partial charge in [-0.05, 0) is 48.7 Å². The standard InChI is InChI=1S/C17H17N3O3/c18-17(19)20-12-7-8-13-11(10-12)4-3-9-22-14-5-1-2-6-15(14)23-16(13)21/h1-2,5-8,10H,3-4,9H2,(H4,18,19,20). The third-order valence-corrected chi connectivity index (χ3v) is 3.47. The van der Waals surface area contributed by atoms with Crippen LogP contribution in [0.5, 0.6) is 11.5 Å². The molecule has 0 fully saturated rings. The fourth-order valence-corrected chi connectivity index (χ4v) is 2.46. The van der Waals surface area contributed by atoms with Crippen molar-refractivity contribution in [2.75, 3.05) is 6.61 Å². The molecule has 23 heavy (non-hydrogen) atoms. The number of hydrogen-bond acceptors (Lipinski definition) is 4. The van der Waals surface area contributed by atoms with E-state index in [4.69, 9.17) is 20.9 Å². The maximum atomic E-state index is 12.5. The Morgan fingerprint density at radius 1 is 1.09 bits per heavy atom. The van der Waals surface area contributed by atoms with E-state index in [-0.39, 0.29) is 5.96 Å². The normalized spacial score (nSPS) is 13.8. The van der Waals surface area contributed by atoms with Crippen LogP contribution in [-0.2, 0) is 6.42 Å². The Balaban J connectivity index is 1.98. The van der Waals surface area contributed by atoms with Crippen molar-refractivity contribution in [3.8, 4) is 11.5 Å². The molecule has 0 amide bonds. The predicted molar refractivity (Wildman–Crippen MR) is 87.1 cm³/mol. The number of carbonyl (C=O) groups is 1.